The van der Waals surface area contributed by atoms with Crippen molar-refractivity contribution in [3.05, 3.63) is 76.6 Å². The van der Waals surface area contributed by atoms with Gasteiger partial charge >= 0.3 is 0 Å². The number of hydrogen-bond acceptors (Lipinski definition) is 6. The summed E-state index contributed by atoms with van der Waals surface area (Å²) in [5.41, 5.74) is 0.752. The van der Waals surface area contributed by atoms with Gasteiger partial charge in [0.2, 0.25) is 19.7 Å². The molecule has 3 aromatic carbocycles. The van der Waals surface area contributed by atoms with Crippen molar-refractivity contribution in [2.75, 3.05) is 0 Å². The van der Waals surface area contributed by atoms with E-state index in [0.717, 1.165) is 18.2 Å². The molecule has 0 atom stereocenters. The summed E-state index contributed by atoms with van der Waals surface area (Å²) in [4.78, 5) is -7.19. The van der Waals surface area contributed by atoms with E-state index in [1.165, 1.54) is 45.0 Å². The van der Waals surface area contributed by atoms with Crippen molar-refractivity contribution in [2.45, 2.75) is 45.2 Å². The van der Waals surface area contributed by atoms with Gasteiger partial charge in [-0.05, 0) is 55.7 Å². The van der Waals surface area contributed by atoms with Crippen molar-refractivity contribution in [2.24, 2.45) is 0 Å². The van der Waals surface area contributed by atoms with Crippen LogP contribution in [-0.4, -0.2) is 25.3 Å². The molecule has 13 heteroatoms. The van der Waals surface area contributed by atoms with Gasteiger partial charge in [0.1, 0.15) is 14.7 Å². The molecule has 6 nitrogen and oxygen atoms in total. The van der Waals surface area contributed by atoms with Crippen molar-refractivity contribution >= 4 is 39.4 Å². The van der Waals surface area contributed by atoms with Gasteiger partial charge in [0, 0.05) is 10.7 Å². The van der Waals surface area contributed by atoms with Crippen LogP contribution in [0.1, 0.15) is 16.7 Å². The van der Waals surface area contributed by atoms with Gasteiger partial charge in [0.15, 0.2) is 17.5 Å². The molecule has 0 amide bonds. The van der Waals surface area contributed by atoms with E-state index in [0.29, 0.717) is 11.1 Å². The molecule has 0 aliphatic heterocycles. The highest BCUT2D eigenvalue weighted by Crippen LogP contribution is 2.40. The van der Waals surface area contributed by atoms with E-state index in [2.05, 4.69) is 0 Å². The number of hydrogen-bond donors (Lipinski definition) is 0. The predicted molar refractivity (Wildman–Crippen MR) is 117 cm³/mol. The Hall–Kier alpha value is -2.41. The van der Waals surface area contributed by atoms with Gasteiger partial charge in [0.05, 0.1) is 9.79 Å². The number of halogens is 4. The molecule has 0 bridgehead atoms. The van der Waals surface area contributed by atoms with E-state index in [1.54, 1.807) is 0 Å². The second-order valence-corrected chi connectivity index (χ2v) is 13.7. The lowest BCUT2D eigenvalue weighted by Crippen LogP contribution is -2.19. The molecule has 3 rings (SSSR count). The van der Waals surface area contributed by atoms with Gasteiger partial charge in [-0.15, -0.1) is 0 Å². The van der Waals surface area contributed by atoms with Gasteiger partial charge in [0.25, 0.3) is 9.05 Å². The number of benzene rings is 3. The van der Waals surface area contributed by atoms with Gasteiger partial charge in [-0.2, -0.15) is 0 Å². The first-order chi connectivity index (χ1) is 15.5. The summed E-state index contributed by atoms with van der Waals surface area (Å²) in [5.74, 6) is -7.16. The van der Waals surface area contributed by atoms with Crippen molar-refractivity contribution in [1.82, 2.24) is 0 Å². The van der Waals surface area contributed by atoms with Crippen molar-refractivity contribution < 1.29 is 38.4 Å². The number of sulfone groups is 2. The van der Waals surface area contributed by atoms with E-state index >= 15 is 8.78 Å². The summed E-state index contributed by atoms with van der Waals surface area (Å²) in [5, 5.41) is 0. The topological polar surface area (TPSA) is 102 Å². The quantitative estimate of drug-likeness (QED) is 0.260. The minimum Gasteiger partial charge on any atom is -0.218 e. The standard InChI is InChI=1S/C21H16ClF3O6S3/c1-11-5-4-6-14(9-11)32(26,27)20-18(25)19(16(23)17(24)21(20)34(22,30)31)33(28,29)15-10-12(2)7-8-13(15)3/h4-10H,1-3H3. The van der Waals surface area contributed by atoms with E-state index < -0.39 is 70.7 Å². The molecular weight excluding hydrogens is 537 g/mol. The fourth-order valence-corrected chi connectivity index (χ4v) is 8.43. The first-order valence-corrected chi connectivity index (χ1v) is 14.6. The lowest BCUT2D eigenvalue weighted by molar-refractivity contribution is 0.421. The van der Waals surface area contributed by atoms with E-state index in [9.17, 15) is 29.6 Å². The van der Waals surface area contributed by atoms with E-state index in [4.69, 9.17) is 10.7 Å². The average molecular weight is 553 g/mol. The van der Waals surface area contributed by atoms with Gasteiger partial charge in [-0.1, -0.05) is 24.3 Å². The van der Waals surface area contributed by atoms with Gasteiger partial charge in [-0.3, -0.25) is 0 Å². The molecule has 3 aromatic rings. The maximum atomic E-state index is 15.7. The summed E-state index contributed by atoms with van der Waals surface area (Å²) >= 11 is 0. The zero-order chi connectivity index (χ0) is 25.8. The number of aryl methyl sites for hydroxylation is 3. The predicted octanol–water partition coefficient (Wildman–Crippen LogP) is 4.62. The Balaban J connectivity index is 2.57. The first-order valence-electron chi connectivity index (χ1n) is 9.30. The number of rotatable bonds is 5. The molecule has 0 saturated carbocycles. The zero-order valence-corrected chi connectivity index (χ0v) is 20.9. The molecule has 34 heavy (non-hydrogen) atoms. The zero-order valence-electron chi connectivity index (χ0n) is 17.7. The van der Waals surface area contributed by atoms with E-state index in [-0.39, 0.29) is 5.56 Å². The van der Waals surface area contributed by atoms with Crippen LogP contribution in [0, 0.1) is 38.2 Å². The van der Waals surface area contributed by atoms with Crippen molar-refractivity contribution in [1.29, 1.82) is 0 Å². The van der Waals surface area contributed by atoms with Gasteiger partial charge in [-0.25, -0.2) is 38.4 Å². The Morgan fingerprint density at radius 1 is 0.647 bits per heavy atom. The van der Waals surface area contributed by atoms with Crippen molar-refractivity contribution in [3.63, 3.8) is 0 Å². The van der Waals surface area contributed by atoms with Crippen molar-refractivity contribution in [3.8, 4) is 0 Å². The first kappa shape index (κ1) is 26.2. The van der Waals surface area contributed by atoms with Crippen LogP contribution in [0.15, 0.2) is 66.9 Å². The third-order valence-electron chi connectivity index (χ3n) is 4.91. The highest BCUT2D eigenvalue weighted by atomic mass is 35.7. The fraction of sp³-hybridized carbons (Fsp3) is 0.143. The molecule has 0 radical (unpaired) electrons. The van der Waals surface area contributed by atoms with Gasteiger partial charge < -0.3 is 0 Å². The monoisotopic (exact) mass is 552 g/mol. The van der Waals surface area contributed by atoms with E-state index in [1.807, 2.05) is 0 Å². The maximum absolute atomic E-state index is 15.7. The second-order valence-electron chi connectivity index (χ2n) is 7.46. The minimum absolute atomic E-state index is 0.0296. The highest BCUT2D eigenvalue weighted by molar-refractivity contribution is 8.14. The summed E-state index contributed by atoms with van der Waals surface area (Å²) in [7, 11) is -10.7. The molecule has 0 aromatic heterocycles. The normalized spacial score (nSPS) is 12.7. The van der Waals surface area contributed by atoms with Crippen LogP contribution in [-0.2, 0) is 28.7 Å². The molecule has 0 aliphatic carbocycles. The van der Waals surface area contributed by atoms with Crippen LogP contribution in [0.3, 0.4) is 0 Å². The largest absolute Gasteiger partial charge is 0.265 e. The SMILES string of the molecule is Cc1cccc(S(=O)(=O)c2c(F)c(S(=O)(=O)c3cc(C)ccc3C)c(F)c(F)c2S(=O)(=O)Cl)c1. The molecular formula is C21H16ClF3O6S3. The molecule has 0 heterocycles. The smallest absolute Gasteiger partial charge is 0.218 e. The maximum Gasteiger partial charge on any atom is 0.265 e. The minimum atomic E-state index is -5.41. The van der Waals surface area contributed by atoms with Crippen LogP contribution in [0.2, 0.25) is 0 Å². The third-order valence-corrected chi connectivity index (χ3v) is 10.1. The molecule has 0 aliphatic rings. The highest BCUT2D eigenvalue weighted by Gasteiger charge is 2.42. The summed E-state index contributed by atoms with van der Waals surface area (Å²) < 4.78 is 123. The van der Waals surface area contributed by atoms with Crippen LogP contribution in [0.25, 0.3) is 0 Å². The Bertz CT molecular complexity index is 1670. The summed E-state index contributed by atoms with van der Waals surface area (Å²) in [6.07, 6.45) is 0. The van der Waals surface area contributed by atoms with Crippen LogP contribution in [0.4, 0.5) is 13.2 Å². The Morgan fingerprint density at radius 3 is 1.76 bits per heavy atom. The fourth-order valence-electron chi connectivity index (χ4n) is 3.30. The van der Waals surface area contributed by atoms with Crippen LogP contribution >= 0.6 is 10.7 Å². The lowest BCUT2D eigenvalue weighted by atomic mass is 10.2. The molecule has 0 unspecified atom stereocenters. The third kappa shape index (κ3) is 4.35. The summed E-state index contributed by atoms with van der Waals surface area (Å²) in [6, 6.07) is 8.57. The molecule has 0 N–H and O–H groups in total. The average Bonchev–Trinajstić information content (AvgIpc) is 2.71. The molecule has 0 spiro atoms. The second kappa shape index (κ2) is 8.67. The van der Waals surface area contributed by atoms with Crippen LogP contribution in [0.5, 0.6) is 0 Å². The lowest BCUT2D eigenvalue weighted by Gasteiger charge is -2.16. The summed E-state index contributed by atoms with van der Waals surface area (Å²) in [6.45, 7) is 4.26. The molecule has 0 saturated heterocycles. The Morgan fingerprint density at radius 2 is 1.21 bits per heavy atom. The Kier molecular flexibility index (Phi) is 6.68. The molecule has 0 fully saturated rings. The Labute approximate surface area is 199 Å². The van der Waals surface area contributed by atoms with Crippen LogP contribution < -0.4 is 0 Å². The molecule has 182 valence electrons.